The van der Waals surface area contributed by atoms with Gasteiger partial charge in [0.2, 0.25) is 0 Å². The van der Waals surface area contributed by atoms with Crippen LogP contribution in [0.5, 0.6) is 5.75 Å². The van der Waals surface area contributed by atoms with Gasteiger partial charge in [-0.1, -0.05) is 12.1 Å². The lowest BCUT2D eigenvalue weighted by molar-refractivity contribution is -0.138. The van der Waals surface area contributed by atoms with E-state index >= 15 is 0 Å². The summed E-state index contributed by atoms with van der Waals surface area (Å²) in [4.78, 5) is 20.3. The SMILES string of the molecule is CN[C@@H](CS)C(=O)O.O.O=C(O)c1ccccc1O. The molecular weight excluding hydrogens is 274 g/mol. The minimum Gasteiger partial charge on any atom is -0.507 e. The maximum atomic E-state index is 10.3. The Bertz CT molecular complexity index is 408. The Morgan fingerprint density at radius 2 is 1.84 bits per heavy atom. The molecule has 19 heavy (non-hydrogen) atoms. The summed E-state index contributed by atoms with van der Waals surface area (Å²) in [7, 11) is 1.59. The van der Waals surface area contributed by atoms with Crippen molar-refractivity contribution in [3.63, 3.8) is 0 Å². The number of thiol groups is 1. The number of carboxylic acids is 2. The number of para-hydroxylation sites is 1. The molecule has 0 aliphatic rings. The molecule has 0 fully saturated rings. The number of likely N-dealkylation sites (N-methyl/N-ethyl adjacent to an activating group) is 1. The lowest BCUT2D eigenvalue weighted by Crippen LogP contribution is -2.35. The predicted molar refractivity (Wildman–Crippen MR) is 73.0 cm³/mol. The van der Waals surface area contributed by atoms with Crippen LogP contribution in [0.25, 0.3) is 0 Å². The number of phenols is 1. The first kappa shape index (κ1) is 19.6. The zero-order chi connectivity index (χ0) is 14.1. The Balaban J connectivity index is 0. The van der Waals surface area contributed by atoms with Gasteiger partial charge in [0.25, 0.3) is 0 Å². The fraction of sp³-hybridized carbons (Fsp3) is 0.273. The molecule has 0 aliphatic carbocycles. The molecule has 0 radical (unpaired) electrons. The Morgan fingerprint density at radius 1 is 1.32 bits per heavy atom. The largest absolute Gasteiger partial charge is 0.507 e. The lowest BCUT2D eigenvalue weighted by Gasteiger charge is -2.04. The van der Waals surface area contributed by atoms with Gasteiger partial charge in [0.15, 0.2) is 0 Å². The number of benzene rings is 1. The number of carbonyl (C=O) groups is 2. The number of aliphatic carboxylic acids is 1. The molecule has 108 valence electrons. The van der Waals surface area contributed by atoms with Gasteiger partial charge in [0.1, 0.15) is 17.4 Å². The van der Waals surface area contributed by atoms with Crippen molar-refractivity contribution in [1.82, 2.24) is 5.32 Å². The maximum absolute atomic E-state index is 10.3. The highest BCUT2D eigenvalue weighted by Crippen LogP contribution is 2.14. The van der Waals surface area contributed by atoms with Crippen LogP contribution in [0.15, 0.2) is 24.3 Å². The first-order valence-corrected chi connectivity index (χ1v) is 5.59. The van der Waals surface area contributed by atoms with Gasteiger partial charge in [-0.25, -0.2) is 4.79 Å². The second-order valence-corrected chi connectivity index (χ2v) is 3.55. The first-order chi connectivity index (χ1) is 8.43. The van der Waals surface area contributed by atoms with Crippen molar-refractivity contribution in [2.75, 3.05) is 12.8 Å². The molecule has 0 spiro atoms. The van der Waals surface area contributed by atoms with E-state index in [9.17, 15) is 9.59 Å². The van der Waals surface area contributed by atoms with Gasteiger partial charge in [-0.05, 0) is 19.2 Å². The highest BCUT2D eigenvalue weighted by atomic mass is 32.1. The summed E-state index contributed by atoms with van der Waals surface area (Å²) in [5.74, 6) is -1.85. The number of aromatic hydroxyl groups is 1. The van der Waals surface area contributed by atoms with Crippen molar-refractivity contribution in [1.29, 1.82) is 0 Å². The smallest absolute Gasteiger partial charge is 0.339 e. The van der Waals surface area contributed by atoms with Crippen LogP contribution >= 0.6 is 12.6 Å². The Morgan fingerprint density at radius 3 is 2.05 bits per heavy atom. The number of hydrogen-bond donors (Lipinski definition) is 5. The van der Waals surface area contributed by atoms with E-state index in [1.165, 1.54) is 12.1 Å². The molecule has 0 aliphatic heterocycles. The van der Waals surface area contributed by atoms with E-state index in [0.717, 1.165) is 0 Å². The Hall–Kier alpha value is -1.77. The van der Waals surface area contributed by atoms with Gasteiger partial charge < -0.3 is 26.1 Å². The average Bonchev–Trinajstić information content (AvgIpc) is 2.31. The molecule has 0 bridgehead atoms. The zero-order valence-electron chi connectivity index (χ0n) is 10.2. The number of nitrogens with one attached hydrogen (secondary N) is 1. The average molecular weight is 291 g/mol. The molecule has 1 aromatic carbocycles. The molecule has 7 nitrogen and oxygen atoms in total. The van der Waals surface area contributed by atoms with E-state index in [-0.39, 0.29) is 16.8 Å². The maximum Gasteiger partial charge on any atom is 0.339 e. The molecule has 1 rings (SSSR count). The summed E-state index contributed by atoms with van der Waals surface area (Å²) in [6.07, 6.45) is 0. The number of hydrogen-bond acceptors (Lipinski definition) is 5. The fourth-order valence-corrected chi connectivity index (χ4v) is 1.29. The van der Waals surface area contributed by atoms with Gasteiger partial charge in [0.05, 0.1) is 0 Å². The van der Waals surface area contributed by atoms with Crippen LogP contribution in [0.4, 0.5) is 0 Å². The van der Waals surface area contributed by atoms with Crippen LogP contribution in [0, 0.1) is 0 Å². The summed E-state index contributed by atoms with van der Waals surface area (Å²) in [6, 6.07) is 5.30. The highest BCUT2D eigenvalue weighted by Gasteiger charge is 2.10. The molecule has 0 heterocycles. The first-order valence-electron chi connectivity index (χ1n) is 4.96. The Labute approximate surface area is 115 Å². The number of carboxylic acid groups (broad SMARTS) is 2. The quantitative estimate of drug-likeness (QED) is 0.489. The highest BCUT2D eigenvalue weighted by molar-refractivity contribution is 7.80. The Kier molecular flexibility index (Phi) is 10.5. The molecule has 1 atom stereocenters. The van der Waals surface area contributed by atoms with Gasteiger partial charge in [-0.15, -0.1) is 0 Å². The van der Waals surface area contributed by atoms with Crippen molar-refractivity contribution >= 4 is 24.6 Å². The summed E-state index contributed by atoms with van der Waals surface area (Å²) in [6.45, 7) is 0. The van der Waals surface area contributed by atoms with E-state index in [1.54, 1.807) is 19.2 Å². The zero-order valence-corrected chi connectivity index (χ0v) is 11.1. The van der Waals surface area contributed by atoms with Crippen molar-refractivity contribution in [3.8, 4) is 5.75 Å². The monoisotopic (exact) mass is 291 g/mol. The minimum absolute atomic E-state index is 0. The molecule has 0 saturated carbocycles. The third-order valence-corrected chi connectivity index (χ3v) is 2.33. The topological polar surface area (TPSA) is 138 Å². The van der Waals surface area contributed by atoms with Crippen LogP contribution in [0.2, 0.25) is 0 Å². The molecule has 0 unspecified atom stereocenters. The fourth-order valence-electron chi connectivity index (χ4n) is 0.947. The third-order valence-electron chi connectivity index (χ3n) is 1.96. The second kappa shape index (κ2) is 10.2. The molecule has 6 N–H and O–H groups in total. The van der Waals surface area contributed by atoms with Crippen LogP contribution in [0.3, 0.4) is 0 Å². The summed E-state index contributed by atoms with van der Waals surface area (Å²) >= 11 is 3.79. The van der Waals surface area contributed by atoms with Gasteiger partial charge in [-0.3, -0.25) is 4.79 Å². The summed E-state index contributed by atoms with van der Waals surface area (Å²) in [5.41, 5.74) is -0.0671. The molecule has 1 aromatic rings. The number of aromatic carboxylic acids is 1. The van der Waals surface area contributed by atoms with E-state index < -0.39 is 18.0 Å². The predicted octanol–water partition coefficient (Wildman–Crippen LogP) is -0.146. The van der Waals surface area contributed by atoms with E-state index in [2.05, 4.69) is 17.9 Å². The van der Waals surface area contributed by atoms with E-state index in [4.69, 9.17) is 15.3 Å². The second-order valence-electron chi connectivity index (χ2n) is 3.18. The minimum atomic E-state index is -1.11. The van der Waals surface area contributed by atoms with Crippen molar-refractivity contribution < 1.29 is 30.4 Å². The van der Waals surface area contributed by atoms with E-state index in [1.807, 2.05) is 0 Å². The lowest BCUT2D eigenvalue weighted by atomic mass is 10.2. The molecular formula is C11H17NO6S. The molecule has 0 amide bonds. The summed E-state index contributed by atoms with van der Waals surface area (Å²) in [5, 5.41) is 28.1. The van der Waals surface area contributed by atoms with Crippen LogP contribution in [-0.4, -0.2) is 51.6 Å². The van der Waals surface area contributed by atoms with Gasteiger partial charge >= 0.3 is 11.9 Å². The van der Waals surface area contributed by atoms with Crippen LogP contribution in [0.1, 0.15) is 10.4 Å². The third kappa shape index (κ3) is 7.29. The summed E-state index contributed by atoms with van der Waals surface area (Å²) < 4.78 is 0. The van der Waals surface area contributed by atoms with Gasteiger partial charge in [0, 0.05) is 5.75 Å². The van der Waals surface area contributed by atoms with Crippen LogP contribution < -0.4 is 5.32 Å². The normalized spacial score (nSPS) is 10.4. The van der Waals surface area contributed by atoms with Crippen molar-refractivity contribution in [2.24, 2.45) is 0 Å². The standard InChI is InChI=1S/C7H6O3.C4H9NO2S.H2O/c8-6-4-2-1-3-5(6)7(9)10;1-5-3(2-8)4(6)7;/h1-4,8H,(H,9,10);3,5,8H,2H2,1H3,(H,6,7);1H2/t;3-;/m.0./s1. The number of rotatable bonds is 4. The van der Waals surface area contributed by atoms with Crippen LogP contribution in [-0.2, 0) is 4.79 Å². The van der Waals surface area contributed by atoms with Gasteiger partial charge in [-0.2, -0.15) is 12.6 Å². The van der Waals surface area contributed by atoms with Crippen molar-refractivity contribution in [3.05, 3.63) is 29.8 Å². The van der Waals surface area contributed by atoms with Crippen molar-refractivity contribution in [2.45, 2.75) is 6.04 Å². The molecule has 8 heteroatoms. The molecule has 0 saturated heterocycles. The van der Waals surface area contributed by atoms with E-state index in [0.29, 0.717) is 5.75 Å². The molecule has 0 aromatic heterocycles.